The maximum Gasteiger partial charge on any atom is 0.223 e. The van der Waals surface area contributed by atoms with E-state index in [4.69, 9.17) is 5.73 Å². The molecule has 8 heteroatoms. The molecule has 1 unspecified atom stereocenters. The SMILES string of the molecule is Cc1sc2ncnc(N3CCC(C(=O)NC(C)(CN)C4CC4)CC3)c2c1C.Cl. The third-order valence-electron chi connectivity index (χ3n) is 6.42. The number of carbonyl (C=O) groups excluding carboxylic acids is 1. The Morgan fingerprint density at radius 1 is 1.29 bits per heavy atom. The molecule has 1 aliphatic heterocycles. The number of nitrogens with two attached hydrogens (primary N) is 1. The van der Waals surface area contributed by atoms with Crippen LogP contribution in [0.2, 0.25) is 0 Å². The highest BCUT2D eigenvalue weighted by Crippen LogP contribution is 2.39. The van der Waals surface area contributed by atoms with Gasteiger partial charge < -0.3 is 16.0 Å². The number of anilines is 1. The van der Waals surface area contributed by atoms with Crippen LogP contribution in [-0.2, 0) is 4.79 Å². The lowest BCUT2D eigenvalue weighted by atomic mass is 9.91. The number of aryl methyl sites for hydroxylation is 2. The molecule has 0 radical (unpaired) electrons. The summed E-state index contributed by atoms with van der Waals surface area (Å²) in [6, 6.07) is 0. The van der Waals surface area contributed by atoms with Gasteiger partial charge in [0.25, 0.3) is 0 Å². The molecule has 1 saturated heterocycles. The van der Waals surface area contributed by atoms with Gasteiger partial charge in [-0.15, -0.1) is 23.7 Å². The van der Waals surface area contributed by atoms with Gasteiger partial charge in [0.2, 0.25) is 5.91 Å². The van der Waals surface area contributed by atoms with Gasteiger partial charge in [-0.05, 0) is 57.9 Å². The number of aromatic nitrogens is 2. The average Bonchev–Trinajstić information content (AvgIpc) is 3.49. The van der Waals surface area contributed by atoms with Gasteiger partial charge >= 0.3 is 0 Å². The summed E-state index contributed by atoms with van der Waals surface area (Å²) in [4.78, 5) is 26.5. The van der Waals surface area contributed by atoms with Crippen LogP contribution in [0.5, 0.6) is 0 Å². The monoisotopic (exact) mass is 423 g/mol. The largest absolute Gasteiger partial charge is 0.356 e. The van der Waals surface area contributed by atoms with Crippen LogP contribution in [0.15, 0.2) is 6.33 Å². The predicted octanol–water partition coefficient (Wildman–Crippen LogP) is 3.19. The molecule has 4 rings (SSSR count). The number of thiophene rings is 1. The Balaban J connectivity index is 0.00000225. The van der Waals surface area contributed by atoms with Crippen molar-refractivity contribution in [3.05, 3.63) is 16.8 Å². The van der Waals surface area contributed by atoms with E-state index in [0.717, 1.165) is 36.6 Å². The van der Waals surface area contributed by atoms with E-state index in [1.807, 2.05) is 0 Å². The summed E-state index contributed by atoms with van der Waals surface area (Å²) < 4.78 is 0. The maximum absolute atomic E-state index is 12.8. The molecule has 3 N–H and O–H groups in total. The molecule has 2 fully saturated rings. The first-order valence-corrected chi connectivity index (χ1v) is 10.7. The number of halogens is 1. The predicted molar refractivity (Wildman–Crippen MR) is 117 cm³/mol. The highest BCUT2D eigenvalue weighted by molar-refractivity contribution is 7.18. The van der Waals surface area contributed by atoms with E-state index >= 15 is 0 Å². The minimum absolute atomic E-state index is 0. The summed E-state index contributed by atoms with van der Waals surface area (Å²) >= 11 is 1.73. The second-order valence-electron chi connectivity index (χ2n) is 8.31. The van der Waals surface area contributed by atoms with Gasteiger partial charge in [-0.25, -0.2) is 9.97 Å². The topological polar surface area (TPSA) is 84.1 Å². The summed E-state index contributed by atoms with van der Waals surface area (Å²) in [6.07, 6.45) is 5.72. The first-order chi connectivity index (χ1) is 12.9. The Morgan fingerprint density at radius 3 is 2.57 bits per heavy atom. The molecular weight excluding hydrogens is 394 g/mol. The van der Waals surface area contributed by atoms with E-state index < -0.39 is 0 Å². The third-order valence-corrected chi connectivity index (χ3v) is 7.54. The van der Waals surface area contributed by atoms with Gasteiger partial charge in [0.15, 0.2) is 0 Å². The zero-order valence-electron chi connectivity index (χ0n) is 16.8. The summed E-state index contributed by atoms with van der Waals surface area (Å²) in [5.41, 5.74) is 6.99. The van der Waals surface area contributed by atoms with Crippen molar-refractivity contribution >= 4 is 45.7 Å². The Morgan fingerprint density at radius 2 is 1.96 bits per heavy atom. The second-order valence-corrected chi connectivity index (χ2v) is 9.51. The van der Waals surface area contributed by atoms with Crippen LogP contribution >= 0.6 is 23.7 Å². The third kappa shape index (κ3) is 3.84. The van der Waals surface area contributed by atoms with E-state index in [0.29, 0.717) is 12.5 Å². The van der Waals surface area contributed by atoms with Crippen LogP contribution in [0.1, 0.15) is 43.0 Å². The number of piperidine rings is 1. The van der Waals surface area contributed by atoms with Gasteiger partial charge in [0.1, 0.15) is 17.0 Å². The quantitative estimate of drug-likeness (QED) is 0.771. The van der Waals surface area contributed by atoms with Crippen LogP contribution in [0.25, 0.3) is 10.2 Å². The number of rotatable bonds is 5. The fourth-order valence-corrected chi connectivity index (χ4v) is 5.17. The molecule has 2 aromatic rings. The molecule has 154 valence electrons. The van der Waals surface area contributed by atoms with Crippen molar-refractivity contribution in [2.75, 3.05) is 24.5 Å². The summed E-state index contributed by atoms with van der Waals surface area (Å²) in [5.74, 6) is 1.80. The molecule has 2 aromatic heterocycles. The number of fused-ring (bicyclic) bond motifs is 1. The van der Waals surface area contributed by atoms with Gasteiger partial charge in [-0.2, -0.15) is 0 Å². The van der Waals surface area contributed by atoms with Crippen molar-refractivity contribution in [1.29, 1.82) is 0 Å². The summed E-state index contributed by atoms with van der Waals surface area (Å²) in [6.45, 7) is 8.58. The molecule has 0 spiro atoms. The highest BCUT2D eigenvalue weighted by Gasteiger charge is 2.42. The fraction of sp³-hybridized carbons (Fsp3) is 0.650. The summed E-state index contributed by atoms with van der Waals surface area (Å²) in [5, 5.41) is 4.44. The van der Waals surface area contributed by atoms with Crippen LogP contribution in [0.4, 0.5) is 5.82 Å². The molecule has 1 amide bonds. The van der Waals surface area contributed by atoms with Crippen molar-refractivity contribution < 1.29 is 4.79 Å². The smallest absolute Gasteiger partial charge is 0.223 e. The number of nitrogens with zero attached hydrogens (tertiary/aromatic N) is 3. The van der Waals surface area contributed by atoms with E-state index in [1.165, 1.54) is 28.7 Å². The van der Waals surface area contributed by atoms with Crippen LogP contribution in [0.3, 0.4) is 0 Å². The lowest BCUT2D eigenvalue weighted by Gasteiger charge is -2.36. The number of nitrogens with one attached hydrogen (secondary N) is 1. The van der Waals surface area contributed by atoms with Crippen LogP contribution < -0.4 is 16.0 Å². The molecular formula is C20H30ClN5OS. The fourth-order valence-electron chi connectivity index (χ4n) is 4.18. The molecule has 0 aromatic carbocycles. The minimum Gasteiger partial charge on any atom is -0.356 e. The number of amides is 1. The molecule has 1 aliphatic carbocycles. The van der Waals surface area contributed by atoms with E-state index in [9.17, 15) is 4.79 Å². The van der Waals surface area contributed by atoms with Gasteiger partial charge in [0, 0.05) is 30.4 Å². The van der Waals surface area contributed by atoms with Crippen molar-refractivity contribution in [1.82, 2.24) is 15.3 Å². The van der Waals surface area contributed by atoms with Gasteiger partial charge in [-0.1, -0.05) is 0 Å². The lowest BCUT2D eigenvalue weighted by molar-refractivity contribution is -0.127. The zero-order valence-corrected chi connectivity index (χ0v) is 18.5. The minimum atomic E-state index is -0.238. The Labute approximate surface area is 176 Å². The van der Waals surface area contributed by atoms with Crippen molar-refractivity contribution in [2.45, 2.75) is 52.0 Å². The normalized spacial score (nSPS) is 19.9. The number of hydrogen-bond acceptors (Lipinski definition) is 6. The number of hydrogen-bond donors (Lipinski definition) is 2. The van der Waals surface area contributed by atoms with E-state index in [2.05, 4.69) is 41.0 Å². The molecule has 0 bridgehead atoms. The molecule has 2 aliphatic rings. The molecule has 1 saturated carbocycles. The Hall–Kier alpha value is -1.44. The highest BCUT2D eigenvalue weighted by atomic mass is 35.5. The molecule has 28 heavy (non-hydrogen) atoms. The van der Waals surface area contributed by atoms with Crippen molar-refractivity contribution in [3.8, 4) is 0 Å². The molecule has 3 heterocycles. The van der Waals surface area contributed by atoms with Crippen LogP contribution in [-0.4, -0.2) is 41.0 Å². The first-order valence-electron chi connectivity index (χ1n) is 9.90. The van der Waals surface area contributed by atoms with Crippen LogP contribution in [0, 0.1) is 25.7 Å². The Bertz CT molecular complexity index is 860. The zero-order chi connectivity index (χ0) is 19.2. The maximum atomic E-state index is 12.8. The summed E-state index contributed by atoms with van der Waals surface area (Å²) in [7, 11) is 0. The molecule has 6 nitrogen and oxygen atoms in total. The molecule has 1 atom stereocenters. The van der Waals surface area contributed by atoms with Gasteiger partial charge in [0.05, 0.1) is 10.9 Å². The first kappa shape index (κ1) is 21.3. The average molecular weight is 424 g/mol. The Kier molecular flexibility index (Phi) is 6.17. The lowest BCUT2D eigenvalue weighted by Crippen LogP contribution is -2.55. The second kappa shape index (κ2) is 8.13. The number of carbonyl (C=O) groups is 1. The van der Waals surface area contributed by atoms with E-state index in [-0.39, 0.29) is 29.8 Å². The van der Waals surface area contributed by atoms with E-state index in [1.54, 1.807) is 17.7 Å². The van der Waals surface area contributed by atoms with Crippen molar-refractivity contribution in [3.63, 3.8) is 0 Å². The standard InChI is InChI=1S/C20H29N5OS.ClH/c1-12-13(2)27-19-16(12)17(22-11-23-19)25-8-6-14(7-9-25)18(26)24-20(3,10-21)15-4-5-15;/h11,14-15H,4-10,21H2,1-3H3,(H,24,26);1H. The van der Waals surface area contributed by atoms with Crippen molar-refractivity contribution in [2.24, 2.45) is 17.6 Å². The van der Waals surface area contributed by atoms with Gasteiger partial charge in [-0.3, -0.25) is 4.79 Å².